The minimum absolute atomic E-state index is 0.00386. The van der Waals surface area contributed by atoms with E-state index < -0.39 is 35.0 Å². The van der Waals surface area contributed by atoms with Crippen LogP contribution in [-0.2, 0) is 15.1 Å². The summed E-state index contributed by atoms with van der Waals surface area (Å²) in [6, 6.07) is 4.32. The maximum Gasteiger partial charge on any atom is 0.407 e. The number of hydrogen-bond acceptors (Lipinski definition) is 4. The lowest BCUT2D eigenvalue weighted by Crippen LogP contribution is -2.57. The van der Waals surface area contributed by atoms with Crippen LogP contribution in [0.1, 0.15) is 38.3 Å². The minimum Gasteiger partial charge on any atom is -0.465 e. The van der Waals surface area contributed by atoms with E-state index in [1.165, 1.54) is 12.1 Å². The molecule has 1 saturated heterocycles. The van der Waals surface area contributed by atoms with E-state index in [2.05, 4.69) is 0 Å². The quantitative estimate of drug-likeness (QED) is 0.798. The number of piperidine rings is 1. The number of hydrogen-bond donors (Lipinski definition) is 2. The molecule has 7 heteroatoms. The van der Waals surface area contributed by atoms with Crippen LogP contribution in [0.4, 0.5) is 9.18 Å². The lowest BCUT2D eigenvalue weighted by Gasteiger charge is -2.43. The Kier molecular flexibility index (Phi) is 5.09. The molecule has 0 aliphatic carbocycles. The highest BCUT2D eigenvalue weighted by molar-refractivity contribution is 5.75. The van der Waals surface area contributed by atoms with Crippen LogP contribution < -0.4 is 0 Å². The lowest BCUT2D eigenvalue weighted by molar-refractivity contribution is -0.185. The second-order valence-corrected chi connectivity index (χ2v) is 7.51. The van der Waals surface area contributed by atoms with Crippen LogP contribution in [0, 0.1) is 18.2 Å². The molecule has 138 valence electrons. The number of halogens is 1. The van der Waals surface area contributed by atoms with E-state index in [9.17, 15) is 24.2 Å². The first-order valence-corrected chi connectivity index (χ1v) is 8.13. The van der Waals surface area contributed by atoms with E-state index in [1.54, 1.807) is 33.8 Å². The number of carbonyl (C=O) groups is 2. The Labute approximate surface area is 146 Å². The van der Waals surface area contributed by atoms with Crippen LogP contribution in [0.25, 0.3) is 0 Å². The maximum atomic E-state index is 14.0. The summed E-state index contributed by atoms with van der Waals surface area (Å²) >= 11 is 0. The highest BCUT2D eigenvalue weighted by Crippen LogP contribution is 2.36. The molecule has 2 atom stereocenters. The Hall–Kier alpha value is -2.15. The molecule has 0 bridgehead atoms. The third kappa shape index (κ3) is 3.92. The number of rotatable bonds is 2. The van der Waals surface area contributed by atoms with Crippen LogP contribution in [0.3, 0.4) is 0 Å². The van der Waals surface area contributed by atoms with Gasteiger partial charge in [-0.25, -0.2) is 9.18 Å². The molecule has 0 unspecified atom stereocenters. The van der Waals surface area contributed by atoms with Crippen LogP contribution in [0.5, 0.6) is 0 Å². The molecule has 1 heterocycles. The van der Waals surface area contributed by atoms with Crippen LogP contribution in [-0.4, -0.2) is 46.4 Å². The molecule has 1 aliphatic heterocycles. The fraction of sp³-hybridized carbons (Fsp3) is 0.556. The monoisotopic (exact) mass is 353 g/mol. The van der Waals surface area contributed by atoms with Gasteiger partial charge < -0.3 is 19.8 Å². The van der Waals surface area contributed by atoms with Gasteiger partial charge in [0.05, 0.1) is 12.0 Å². The van der Waals surface area contributed by atoms with Gasteiger partial charge in [-0.15, -0.1) is 0 Å². The van der Waals surface area contributed by atoms with Gasteiger partial charge in [-0.2, -0.15) is 0 Å². The summed E-state index contributed by atoms with van der Waals surface area (Å²) in [4.78, 5) is 24.6. The zero-order valence-corrected chi connectivity index (χ0v) is 14.9. The van der Waals surface area contributed by atoms with Crippen LogP contribution in [0.2, 0.25) is 0 Å². The van der Waals surface area contributed by atoms with Gasteiger partial charge in [0.25, 0.3) is 0 Å². The first-order valence-electron chi connectivity index (χ1n) is 8.13. The first kappa shape index (κ1) is 19.2. The molecule has 6 nitrogen and oxygen atoms in total. The SMILES string of the molecule is Cc1ccc([C@@]2(O)CCN(C(=O)O)C[C@@H]2OC(=O)C(C)(C)C)cc1F. The average molecular weight is 353 g/mol. The van der Waals surface area contributed by atoms with Crippen molar-refractivity contribution < 1.29 is 28.9 Å². The highest BCUT2D eigenvalue weighted by atomic mass is 19.1. The van der Waals surface area contributed by atoms with Gasteiger partial charge in [0.1, 0.15) is 11.4 Å². The molecular formula is C18H24FNO5. The molecule has 0 aromatic heterocycles. The third-order valence-electron chi connectivity index (χ3n) is 4.49. The zero-order chi connectivity index (χ0) is 19.0. The van der Waals surface area contributed by atoms with Crippen molar-refractivity contribution in [3.63, 3.8) is 0 Å². The van der Waals surface area contributed by atoms with Crippen molar-refractivity contribution in [1.82, 2.24) is 4.90 Å². The van der Waals surface area contributed by atoms with Gasteiger partial charge in [-0.3, -0.25) is 4.79 Å². The second-order valence-electron chi connectivity index (χ2n) is 7.51. The van der Waals surface area contributed by atoms with Crippen molar-refractivity contribution >= 4 is 12.1 Å². The van der Waals surface area contributed by atoms with Gasteiger partial charge >= 0.3 is 12.1 Å². The number of carboxylic acid groups (broad SMARTS) is 1. The molecule has 0 radical (unpaired) electrons. The number of likely N-dealkylation sites (tertiary alicyclic amines) is 1. The Morgan fingerprint density at radius 3 is 2.52 bits per heavy atom. The van der Waals surface area contributed by atoms with E-state index in [4.69, 9.17) is 4.74 Å². The number of amides is 1. The molecule has 1 amide bonds. The minimum atomic E-state index is -1.65. The summed E-state index contributed by atoms with van der Waals surface area (Å²) in [7, 11) is 0. The summed E-state index contributed by atoms with van der Waals surface area (Å²) in [6.45, 7) is 6.48. The van der Waals surface area contributed by atoms with E-state index in [0.29, 0.717) is 5.56 Å². The van der Waals surface area contributed by atoms with E-state index >= 15 is 0 Å². The number of aliphatic hydroxyl groups is 1. The smallest absolute Gasteiger partial charge is 0.407 e. The van der Waals surface area contributed by atoms with Crippen molar-refractivity contribution in [3.8, 4) is 0 Å². The fourth-order valence-corrected chi connectivity index (χ4v) is 2.72. The van der Waals surface area contributed by atoms with Crippen LogP contribution in [0.15, 0.2) is 18.2 Å². The molecule has 2 rings (SSSR count). The molecule has 2 N–H and O–H groups in total. The van der Waals surface area contributed by atoms with Crippen molar-refractivity contribution in [3.05, 3.63) is 35.1 Å². The Bertz CT molecular complexity index is 685. The van der Waals surface area contributed by atoms with E-state index in [0.717, 1.165) is 4.90 Å². The molecule has 1 aromatic carbocycles. The topological polar surface area (TPSA) is 87.1 Å². The van der Waals surface area contributed by atoms with Gasteiger partial charge in [0.2, 0.25) is 0 Å². The number of nitrogens with zero attached hydrogens (tertiary/aromatic N) is 1. The summed E-state index contributed by atoms with van der Waals surface area (Å²) < 4.78 is 19.4. The van der Waals surface area contributed by atoms with Gasteiger partial charge in [-0.1, -0.05) is 12.1 Å². The molecule has 1 fully saturated rings. The van der Waals surface area contributed by atoms with Crippen molar-refractivity contribution in [2.24, 2.45) is 5.41 Å². The van der Waals surface area contributed by atoms with Crippen molar-refractivity contribution in [1.29, 1.82) is 0 Å². The Balaban J connectivity index is 2.39. The number of aryl methyl sites for hydroxylation is 1. The molecule has 1 aliphatic rings. The van der Waals surface area contributed by atoms with Crippen LogP contribution >= 0.6 is 0 Å². The largest absolute Gasteiger partial charge is 0.465 e. The maximum absolute atomic E-state index is 14.0. The average Bonchev–Trinajstić information content (AvgIpc) is 2.50. The normalized spacial score (nSPS) is 24.1. The number of carbonyl (C=O) groups excluding carboxylic acids is 1. The predicted octanol–water partition coefficient (Wildman–Crippen LogP) is 2.66. The third-order valence-corrected chi connectivity index (χ3v) is 4.49. The standard InChI is InChI=1S/C18H24FNO5/c1-11-5-6-12(9-13(11)19)18(24)7-8-20(16(22)23)10-14(18)25-15(21)17(2,3)4/h5-6,9,14,24H,7-8,10H2,1-4H3,(H,22,23)/t14-,18-/m0/s1. The molecule has 1 aromatic rings. The summed E-state index contributed by atoms with van der Waals surface area (Å²) in [5, 5.41) is 20.4. The van der Waals surface area contributed by atoms with E-state index in [-0.39, 0.29) is 25.1 Å². The number of benzene rings is 1. The molecule has 0 spiro atoms. The molecule has 25 heavy (non-hydrogen) atoms. The van der Waals surface area contributed by atoms with E-state index in [1.807, 2.05) is 0 Å². The summed E-state index contributed by atoms with van der Waals surface area (Å²) in [6.07, 6.45) is -2.27. The van der Waals surface area contributed by atoms with Gasteiger partial charge in [0.15, 0.2) is 6.10 Å². The van der Waals surface area contributed by atoms with Crippen molar-refractivity contribution in [2.45, 2.75) is 45.8 Å². The first-order chi connectivity index (χ1) is 11.4. The van der Waals surface area contributed by atoms with Gasteiger partial charge in [0, 0.05) is 13.0 Å². The van der Waals surface area contributed by atoms with Crippen molar-refractivity contribution in [2.75, 3.05) is 13.1 Å². The summed E-state index contributed by atoms with van der Waals surface area (Å²) in [5.74, 6) is -1.04. The lowest BCUT2D eigenvalue weighted by atomic mass is 9.81. The summed E-state index contributed by atoms with van der Waals surface area (Å²) in [5.41, 5.74) is -1.77. The zero-order valence-electron chi connectivity index (χ0n) is 14.9. The second kappa shape index (κ2) is 6.63. The Morgan fingerprint density at radius 1 is 1.36 bits per heavy atom. The molecule has 0 saturated carbocycles. The fourth-order valence-electron chi connectivity index (χ4n) is 2.72. The number of ether oxygens (including phenoxy) is 1. The molecular weight excluding hydrogens is 329 g/mol. The Morgan fingerprint density at radius 2 is 2.00 bits per heavy atom. The van der Waals surface area contributed by atoms with Gasteiger partial charge in [-0.05, 0) is 44.9 Å². The predicted molar refractivity (Wildman–Crippen MR) is 88.6 cm³/mol. The number of esters is 1. The highest BCUT2D eigenvalue weighted by Gasteiger charge is 2.47.